The number of likely N-dealkylation sites (N-methyl/N-ethyl adjacent to an activating group) is 1. The summed E-state index contributed by atoms with van der Waals surface area (Å²) in [5.74, 6) is 0.351. The fourth-order valence-electron chi connectivity index (χ4n) is 3.98. The molecule has 1 aliphatic rings. The number of hydrogen-bond donors (Lipinski definition) is 4. The maximum absolute atomic E-state index is 11.7. The SMILES string of the molecule is CC.CC.CCC(C)C1CCC(=O)NC1=O.CCNCCOCCNCCNc1cccc(C(C)=O)c1CC. The van der Waals surface area contributed by atoms with Crippen LogP contribution in [0, 0.1) is 11.8 Å². The molecule has 1 heterocycles. The van der Waals surface area contributed by atoms with Gasteiger partial charge in [-0.15, -0.1) is 0 Å². The standard InChI is InChI=1S/C18H31N3O2.C9H15NO2.2C2H6/c1-4-16-17(15(3)22)7-6-8-18(16)21-10-9-20-12-14-23-13-11-19-5-2;1-3-6(2)7-4-5-8(11)10-9(7)12;2*1-2/h6-8,19-21H,4-5,9-14H2,1-3H3;6-7H,3-5H2,1-2H3,(H,10,11,12);2*1-2H3. The molecule has 8 heteroatoms. The van der Waals surface area contributed by atoms with Crippen LogP contribution in [0.15, 0.2) is 18.2 Å². The van der Waals surface area contributed by atoms with Gasteiger partial charge in [0.25, 0.3) is 0 Å². The van der Waals surface area contributed by atoms with Gasteiger partial charge < -0.3 is 20.7 Å². The highest BCUT2D eigenvalue weighted by Crippen LogP contribution is 2.23. The first-order valence-electron chi connectivity index (χ1n) is 15.0. The summed E-state index contributed by atoms with van der Waals surface area (Å²) in [5.41, 5.74) is 2.98. The molecule has 8 nitrogen and oxygen atoms in total. The number of nitrogens with one attached hydrogen (secondary N) is 4. The van der Waals surface area contributed by atoms with Crippen molar-refractivity contribution in [3.8, 4) is 0 Å². The van der Waals surface area contributed by atoms with Gasteiger partial charge in [-0.3, -0.25) is 19.7 Å². The minimum absolute atomic E-state index is 0.0488. The van der Waals surface area contributed by atoms with Crippen molar-refractivity contribution in [2.75, 3.05) is 51.3 Å². The summed E-state index contributed by atoms with van der Waals surface area (Å²) in [6.07, 6.45) is 3.07. The lowest BCUT2D eigenvalue weighted by Crippen LogP contribution is -2.42. The maximum Gasteiger partial charge on any atom is 0.229 e. The molecular weight excluding hydrogens is 492 g/mol. The minimum atomic E-state index is -0.125. The third-order valence-corrected chi connectivity index (χ3v) is 6.24. The summed E-state index contributed by atoms with van der Waals surface area (Å²) in [4.78, 5) is 33.7. The number of ether oxygens (including phenoxy) is 1. The largest absolute Gasteiger partial charge is 0.384 e. The van der Waals surface area contributed by atoms with Crippen LogP contribution in [0.1, 0.15) is 97.5 Å². The molecule has 226 valence electrons. The molecule has 1 aliphatic heterocycles. The highest BCUT2D eigenvalue weighted by Gasteiger charge is 2.29. The Morgan fingerprint density at radius 2 is 1.64 bits per heavy atom. The first-order valence-corrected chi connectivity index (χ1v) is 15.0. The van der Waals surface area contributed by atoms with Gasteiger partial charge in [0.2, 0.25) is 11.8 Å². The summed E-state index contributed by atoms with van der Waals surface area (Å²) in [5, 5.41) is 12.3. The van der Waals surface area contributed by atoms with E-state index in [1.807, 2.05) is 45.9 Å². The molecule has 1 fully saturated rings. The molecular formula is C31H58N4O4. The number of carbonyl (C=O) groups is 3. The van der Waals surface area contributed by atoms with Gasteiger partial charge >= 0.3 is 0 Å². The van der Waals surface area contributed by atoms with E-state index in [2.05, 4.69) is 49.0 Å². The number of benzene rings is 1. The zero-order chi connectivity index (χ0) is 30.1. The number of ketones is 1. The van der Waals surface area contributed by atoms with E-state index < -0.39 is 0 Å². The Morgan fingerprint density at radius 3 is 2.18 bits per heavy atom. The number of rotatable bonds is 15. The molecule has 0 aromatic heterocycles. The van der Waals surface area contributed by atoms with Gasteiger partial charge in [0, 0.05) is 49.8 Å². The van der Waals surface area contributed by atoms with Crippen molar-refractivity contribution in [1.29, 1.82) is 0 Å². The molecule has 0 radical (unpaired) electrons. The van der Waals surface area contributed by atoms with Crippen LogP contribution >= 0.6 is 0 Å². The molecule has 4 N–H and O–H groups in total. The Balaban J connectivity index is 0. The van der Waals surface area contributed by atoms with Crippen molar-refractivity contribution in [3.63, 3.8) is 0 Å². The minimum Gasteiger partial charge on any atom is -0.384 e. The quantitative estimate of drug-likeness (QED) is 0.135. The lowest BCUT2D eigenvalue weighted by Gasteiger charge is -2.25. The third kappa shape index (κ3) is 17.1. The number of anilines is 1. The molecule has 1 saturated heterocycles. The maximum atomic E-state index is 11.7. The van der Waals surface area contributed by atoms with Gasteiger partial charge in [0.15, 0.2) is 5.78 Å². The zero-order valence-electron chi connectivity index (χ0n) is 26.3. The highest BCUT2D eigenvalue weighted by molar-refractivity contribution is 5.98. The fraction of sp³-hybridized carbons (Fsp3) is 0.710. The van der Waals surface area contributed by atoms with Crippen molar-refractivity contribution in [2.24, 2.45) is 11.8 Å². The van der Waals surface area contributed by atoms with Crippen molar-refractivity contribution >= 4 is 23.3 Å². The Kier molecular flexibility index (Phi) is 25.9. The molecule has 0 saturated carbocycles. The second-order valence-corrected chi connectivity index (χ2v) is 8.83. The van der Waals surface area contributed by atoms with E-state index in [0.29, 0.717) is 12.3 Å². The van der Waals surface area contributed by atoms with Gasteiger partial charge in [0.05, 0.1) is 13.2 Å². The van der Waals surface area contributed by atoms with Gasteiger partial charge in [-0.05, 0) is 43.9 Å². The van der Waals surface area contributed by atoms with Crippen LogP contribution in [0.4, 0.5) is 5.69 Å². The molecule has 39 heavy (non-hydrogen) atoms. The average Bonchev–Trinajstić information content (AvgIpc) is 2.96. The molecule has 0 spiro atoms. The van der Waals surface area contributed by atoms with E-state index in [4.69, 9.17) is 4.74 Å². The number of carbonyl (C=O) groups excluding carboxylic acids is 3. The lowest BCUT2D eigenvalue weighted by atomic mass is 9.85. The van der Waals surface area contributed by atoms with E-state index in [1.165, 1.54) is 0 Å². The number of piperidine rings is 1. The number of imide groups is 1. The average molecular weight is 551 g/mol. The number of hydrogen-bond acceptors (Lipinski definition) is 7. The fourth-order valence-corrected chi connectivity index (χ4v) is 3.98. The van der Waals surface area contributed by atoms with Crippen LogP contribution in [0.25, 0.3) is 0 Å². The smallest absolute Gasteiger partial charge is 0.229 e. The van der Waals surface area contributed by atoms with Crippen molar-refractivity contribution in [2.45, 2.75) is 88.0 Å². The van der Waals surface area contributed by atoms with Gasteiger partial charge in [-0.1, -0.05) is 73.9 Å². The van der Waals surface area contributed by atoms with Crippen LogP contribution < -0.4 is 21.3 Å². The Bertz CT molecular complexity index is 786. The van der Waals surface area contributed by atoms with Gasteiger partial charge in [0.1, 0.15) is 0 Å². The van der Waals surface area contributed by atoms with E-state index in [0.717, 1.165) is 82.0 Å². The van der Waals surface area contributed by atoms with Gasteiger partial charge in [-0.2, -0.15) is 0 Å². The molecule has 1 aromatic rings. The molecule has 2 amide bonds. The second-order valence-electron chi connectivity index (χ2n) is 8.83. The Labute approximate surface area is 238 Å². The Hall–Kier alpha value is -2.29. The summed E-state index contributed by atoms with van der Waals surface area (Å²) >= 11 is 0. The summed E-state index contributed by atoms with van der Waals surface area (Å²) in [6, 6.07) is 5.87. The molecule has 2 rings (SSSR count). The molecule has 2 atom stereocenters. The summed E-state index contributed by atoms with van der Waals surface area (Å²) in [7, 11) is 0. The lowest BCUT2D eigenvalue weighted by molar-refractivity contribution is -0.137. The van der Waals surface area contributed by atoms with Crippen LogP contribution in [-0.4, -0.2) is 63.5 Å². The molecule has 0 aliphatic carbocycles. The van der Waals surface area contributed by atoms with E-state index in [1.54, 1.807) is 6.92 Å². The first kappa shape index (κ1) is 38.9. The van der Waals surface area contributed by atoms with Crippen LogP contribution in [0.5, 0.6) is 0 Å². The monoisotopic (exact) mass is 550 g/mol. The Morgan fingerprint density at radius 1 is 1.00 bits per heavy atom. The number of amides is 2. The first-order chi connectivity index (χ1) is 18.8. The van der Waals surface area contributed by atoms with Crippen LogP contribution in [-0.2, 0) is 20.7 Å². The van der Waals surface area contributed by atoms with Gasteiger partial charge in [-0.25, -0.2) is 0 Å². The number of Topliss-reactive ketones (excluding diaryl/α,β-unsaturated/α-hetero) is 1. The predicted octanol–water partition coefficient (Wildman–Crippen LogP) is 5.22. The normalized spacial score (nSPS) is 14.8. The van der Waals surface area contributed by atoms with Crippen LogP contribution in [0.2, 0.25) is 0 Å². The zero-order valence-corrected chi connectivity index (χ0v) is 26.3. The molecule has 0 bridgehead atoms. The predicted molar refractivity (Wildman–Crippen MR) is 165 cm³/mol. The van der Waals surface area contributed by atoms with Crippen molar-refractivity contribution in [3.05, 3.63) is 29.3 Å². The highest BCUT2D eigenvalue weighted by atomic mass is 16.5. The summed E-state index contributed by atoms with van der Waals surface area (Å²) < 4.78 is 5.50. The van der Waals surface area contributed by atoms with Crippen molar-refractivity contribution in [1.82, 2.24) is 16.0 Å². The van der Waals surface area contributed by atoms with E-state index >= 15 is 0 Å². The summed E-state index contributed by atoms with van der Waals surface area (Å²) in [6.45, 7) is 23.8. The molecule has 1 aromatic carbocycles. The molecule has 2 unspecified atom stereocenters. The topological polar surface area (TPSA) is 109 Å². The van der Waals surface area contributed by atoms with E-state index in [9.17, 15) is 14.4 Å². The van der Waals surface area contributed by atoms with Crippen molar-refractivity contribution < 1.29 is 19.1 Å². The second kappa shape index (κ2) is 26.0. The third-order valence-electron chi connectivity index (χ3n) is 6.24. The van der Waals surface area contributed by atoms with Crippen LogP contribution in [0.3, 0.4) is 0 Å². The van der Waals surface area contributed by atoms with E-state index in [-0.39, 0.29) is 23.5 Å².